The molecule has 1 N–H and O–H groups in total. The summed E-state index contributed by atoms with van der Waals surface area (Å²) < 4.78 is 10.2. The van der Waals surface area contributed by atoms with Crippen molar-refractivity contribution < 1.29 is 14.3 Å². The molecule has 0 radical (unpaired) electrons. The molecule has 0 aliphatic rings. The molecule has 4 heteroatoms. The number of carbonyl (C=O) groups excluding carboxylic acids is 1. The molecule has 0 aliphatic heterocycles. The second-order valence-corrected chi connectivity index (χ2v) is 3.76. The minimum Gasteiger partial charge on any atom is -0.453 e. The molecule has 0 saturated heterocycles. The largest absolute Gasteiger partial charge is 0.453 e. The van der Waals surface area contributed by atoms with Gasteiger partial charge >= 0.3 is 6.09 Å². The summed E-state index contributed by atoms with van der Waals surface area (Å²) in [5.41, 5.74) is 0.538. The van der Waals surface area contributed by atoms with Crippen LogP contribution in [0.2, 0.25) is 0 Å². The molecular formula is C13H19NO3. The number of carbonyl (C=O) groups is 1. The molecule has 1 amide bonds. The maximum atomic E-state index is 11.1. The summed E-state index contributed by atoms with van der Waals surface area (Å²) in [7, 11) is 2.99. The molecule has 94 valence electrons. The van der Waals surface area contributed by atoms with E-state index in [4.69, 9.17) is 4.74 Å². The van der Waals surface area contributed by atoms with Gasteiger partial charge in [-0.05, 0) is 12.0 Å². The van der Waals surface area contributed by atoms with E-state index in [0.717, 1.165) is 12.0 Å². The number of methoxy groups -OCH3 is 2. The highest BCUT2D eigenvalue weighted by atomic mass is 16.5. The Morgan fingerprint density at radius 1 is 1.29 bits per heavy atom. The molecule has 17 heavy (non-hydrogen) atoms. The zero-order chi connectivity index (χ0) is 12.7. The van der Waals surface area contributed by atoms with Gasteiger partial charge in [-0.15, -0.1) is 0 Å². The SMILES string of the molecule is CC[C@@](CNC(=O)OC)(OC)c1ccccc1. The topological polar surface area (TPSA) is 47.6 Å². The van der Waals surface area contributed by atoms with E-state index in [9.17, 15) is 4.79 Å². The number of hydrogen-bond donors (Lipinski definition) is 1. The summed E-state index contributed by atoms with van der Waals surface area (Å²) >= 11 is 0. The third-order valence-corrected chi connectivity index (χ3v) is 2.97. The summed E-state index contributed by atoms with van der Waals surface area (Å²) in [5, 5.41) is 2.69. The molecule has 0 bridgehead atoms. The number of rotatable bonds is 5. The van der Waals surface area contributed by atoms with Crippen molar-refractivity contribution in [3.05, 3.63) is 35.9 Å². The highest BCUT2D eigenvalue weighted by molar-refractivity contribution is 5.67. The quantitative estimate of drug-likeness (QED) is 0.854. The molecular weight excluding hydrogens is 218 g/mol. The van der Waals surface area contributed by atoms with Crippen LogP contribution < -0.4 is 5.32 Å². The van der Waals surface area contributed by atoms with Crippen molar-refractivity contribution in [2.24, 2.45) is 0 Å². The molecule has 1 aromatic carbocycles. The highest BCUT2D eigenvalue weighted by Gasteiger charge is 2.30. The van der Waals surface area contributed by atoms with Crippen LogP contribution in [0.5, 0.6) is 0 Å². The fraction of sp³-hybridized carbons (Fsp3) is 0.462. The molecule has 0 aliphatic carbocycles. The second kappa shape index (κ2) is 6.25. The minimum atomic E-state index is -0.505. The van der Waals surface area contributed by atoms with Crippen LogP contribution in [0.3, 0.4) is 0 Å². The van der Waals surface area contributed by atoms with E-state index in [1.165, 1.54) is 7.11 Å². The number of hydrogen-bond acceptors (Lipinski definition) is 3. The average Bonchev–Trinajstić information content (AvgIpc) is 2.41. The van der Waals surface area contributed by atoms with Crippen molar-refractivity contribution in [1.82, 2.24) is 5.32 Å². The van der Waals surface area contributed by atoms with Crippen LogP contribution >= 0.6 is 0 Å². The number of nitrogens with one attached hydrogen (secondary N) is 1. The van der Waals surface area contributed by atoms with E-state index in [2.05, 4.69) is 10.1 Å². The van der Waals surface area contributed by atoms with E-state index in [-0.39, 0.29) is 0 Å². The molecule has 4 nitrogen and oxygen atoms in total. The van der Waals surface area contributed by atoms with E-state index in [0.29, 0.717) is 6.54 Å². The van der Waals surface area contributed by atoms with E-state index >= 15 is 0 Å². The van der Waals surface area contributed by atoms with Gasteiger partial charge in [0, 0.05) is 7.11 Å². The van der Waals surface area contributed by atoms with E-state index in [1.54, 1.807) is 7.11 Å². The molecule has 1 aromatic rings. The van der Waals surface area contributed by atoms with E-state index in [1.807, 2.05) is 37.3 Å². The van der Waals surface area contributed by atoms with Gasteiger partial charge in [0.05, 0.1) is 13.7 Å². The van der Waals surface area contributed by atoms with Gasteiger partial charge in [0.2, 0.25) is 0 Å². The molecule has 1 rings (SSSR count). The Balaban J connectivity index is 2.86. The summed E-state index contributed by atoms with van der Waals surface area (Å²) in [6.07, 6.45) is 0.313. The third-order valence-electron chi connectivity index (χ3n) is 2.97. The van der Waals surface area contributed by atoms with Crippen LogP contribution in [0.15, 0.2) is 30.3 Å². The second-order valence-electron chi connectivity index (χ2n) is 3.76. The van der Waals surface area contributed by atoms with Crippen molar-refractivity contribution in [3.63, 3.8) is 0 Å². The zero-order valence-corrected chi connectivity index (χ0v) is 10.5. The van der Waals surface area contributed by atoms with Gasteiger partial charge in [-0.2, -0.15) is 0 Å². The first-order valence-corrected chi connectivity index (χ1v) is 5.61. The predicted molar refractivity (Wildman–Crippen MR) is 65.8 cm³/mol. The van der Waals surface area contributed by atoms with Gasteiger partial charge in [-0.3, -0.25) is 0 Å². The van der Waals surface area contributed by atoms with Crippen molar-refractivity contribution >= 4 is 6.09 Å². The molecule has 0 unspecified atom stereocenters. The molecule has 1 atom stereocenters. The Hall–Kier alpha value is -1.55. The Morgan fingerprint density at radius 3 is 2.41 bits per heavy atom. The molecule has 0 aromatic heterocycles. The monoisotopic (exact) mass is 237 g/mol. The maximum Gasteiger partial charge on any atom is 0.406 e. The van der Waals surface area contributed by atoms with E-state index < -0.39 is 11.7 Å². The molecule has 0 saturated carbocycles. The summed E-state index contributed by atoms with van der Waals surface area (Å²) in [6.45, 7) is 2.41. The van der Waals surface area contributed by atoms with Crippen LogP contribution in [0.4, 0.5) is 4.79 Å². The normalized spacial score (nSPS) is 13.8. The standard InChI is InChI=1S/C13H19NO3/c1-4-13(17-3,10-14-12(15)16-2)11-8-6-5-7-9-11/h5-9H,4,10H2,1-3H3,(H,14,15)/t13-/m0/s1. The van der Waals surface area contributed by atoms with Gasteiger partial charge in [0.1, 0.15) is 5.60 Å². The first-order valence-electron chi connectivity index (χ1n) is 5.61. The number of alkyl carbamates (subject to hydrolysis) is 1. The van der Waals surface area contributed by atoms with Gasteiger partial charge < -0.3 is 14.8 Å². The van der Waals surface area contributed by atoms with Crippen molar-refractivity contribution in [2.45, 2.75) is 18.9 Å². The molecule has 0 spiro atoms. The number of benzene rings is 1. The number of ether oxygens (including phenoxy) is 2. The third kappa shape index (κ3) is 3.20. The van der Waals surface area contributed by atoms with Crippen LogP contribution in [0, 0.1) is 0 Å². The summed E-state index contributed by atoms with van der Waals surface area (Å²) in [4.78, 5) is 11.1. The lowest BCUT2D eigenvalue weighted by Crippen LogP contribution is -2.41. The highest BCUT2D eigenvalue weighted by Crippen LogP contribution is 2.27. The fourth-order valence-corrected chi connectivity index (χ4v) is 1.79. The van der Waals surface area contributed by atoms with Crippen LogP contribution in [-0.2, 0) is 15.1 Å². The zero-order valence-electron chi connectivity index (χ0n) is 10.5. The lowest BCUT2D eigenvalue weighted by atomic mass is 9.91. The van der Waals surface area contributed by atoms with Gasteiger partial charge in [-0.25, -0.2) is 4.79 Å². The first kappa shape index (κ1) is 13.5. The maximum absolute atomic E-state index is 11.1. The Kier molecular flexibility index (Phi) is 4.97. The van der Waals surface area contributed by atoms with Gasteiger partial charge in [0.15, 0.2) is 0 Å². The Bertz CT molecular complexity index is 347. The summed E-state index contributed by atoms with van der Waals surface area (Å²) in [6, 6.07) is 9.85. The Labute approximate surface area is 102 Å². The predicted octanol–water partition coefficient (Wildman–Crippen LogP) is 2.29. The lowest BCUT2D eigenvalue weighted by Gasteiger charge is -2.31. The molecule has 0 fully saturated rings. The lowest BCUT2D eigenvalue weighted by molar-refractivity contribution is -0.0168. The van der Waals surface area contributed by atoms with Crippen molar-refractivity contribution in [2.75, 3.05) is 20.8 Å². The van der Waals surface area contributed by atoms with Crippen LogP contribution in [0.1, 0.15) is 18.9 Å². The van der Waals surface area contributed by atoms with Crippen molar-refractivity contribution in [1.29, 1.82) is 0 Å². The van der Waals surface area contributed by atoms with Crippen LogP contribution in [-0.4, -0.2) is 26.9 Å². The van der Waals surface area contributed by atoms with Gasteiger partial charge in [0.25, 0.3) is 0 Å². The number of amides is 1. The average molecular weight is 237 g/mol. The summed E-state index contributed by atoms with van der Waals surface area (Å²) in [5.74, 6) is 0. The van der Waals surface area contributed by atoms with Crippen molar-refractivity contribution in [3.8, 4) is 0 Å². The first-order chi connectivity index (χ1) is 8.18. The smallest absolute Gasteiger partial charge is 0.406 e. The molecule has 0 heterocycles. The minimum absolute atomic E-state index is 0.386. The van der Waals surface area contributed by atoms with Gasteiger partial charge in [-0.1, -0.05) is 37.3 Å². The fourth-order valence-electron chi connectivity index (χ4n) is 1.79. The Morgan fingerprint density at radius 2 is 1.94 bits per heavy atom. The van der Waals surface area contributed by atoms with Crippen LogP contribution in [0.25, 0.3) is 0 Å².